The molecular weight excluding hydrogens is 330 g/mol. The van der Waals surface area contributed by atoms with Crippen LogP contribution in [-0.2, 0) is 12.8 Å². The molecule has 1 aliphatic rings. The first-order valence-corrected chi connectivity index (χ1v) is 9.09. The van der Waals surface area contributed by atoms with Gasteiger partial charge in [0.15, 0.2) is 0 Å². The highest BCUT2D eigenvalue weighted by molar-refractivity contribution is 7.21. The van der Waals surface area contributed by atoms with Crippen molar-refractivity contribution in [2.24, 2.45) is 5.92 Å². The minimum Gasteiger partial charge on any atom is -0.397 e. The Morgan fingerprint density at radius 1 is 1.48 bits per heavy atom. The van der Waals surface area contributed by atoms with Crippen LogP contribution in [0, 0.1) is 5.92 Å². The number of hydrogen-bond donors (Lipinski definition) is 2. The zero-order valence-corrected chi connectivity index (χ0v) is 14.1. The van der Waals surface area contributed by atoms with E-state index in [9.17, 15) is 4.79 Å². The van der Waals surface area contributed by atoms with Crippen molar-refractivity contribution in [3.05, 3.63) is 27.7 Å². The monoisotopic (exact) mass is 345 g/mol. The highest BCUT2D eigenvalue weighted by Gasteiger charge is 2.22. The van der Waals surface area contributed by atoms with E-state index in [2.05, 4.69) is 28.5 Å². The first kappa shape index (κ1) is 14.5. The normalized spacial score (nSPS) is 17.2. The Bertz CT molecular complexity index is 887. The third-order valence-electron chi connectivity index (χ3n) is 4.12. The summed E-state index contributed by atoms with van der Waals surface area (Å²) in [6.07, 6.45) is 3.19. The van der Waals surface area contributed by atoms with Gasteiger partial charge in [-0.1, -0.05) is 18.3 Å². The molecule has 3 aromatic rings. The molecule has 3 heterocycles. The highest BCUT2D eigenvalue weighted by atomic mass is 32.1. The van der Waals surface area contributed by atoms with E-state index in [0.717, 1.165) is 35.2 Å². The lowest BCUT2D eigenvalue weighted by Crippen LogP contribution is -2.12. The first-order chi connectivity index (χ1) is 11.1. The average Bonchev–Trinajstić information content (AvgIpc) is 3.14. The number of pyridine rings is 1. The molecule has 1 amide bonds. The van der Waals surface area contributed by atoms with E-state index in [1.54, 1.807) is 5.51 Å². The van der Waals surface area contributed by atoms with Crippen molar-refractivity contribution in [1.29, 1.82) is 0 Å². The van der Waals surface area contributed by atoms with Crippen molar-refractivity contribution in [1.82, 2.24) is 15.2 Å². The summed E-state index contributed by atoms with van der Waals surface area (Å²) in [5.41, 5.74) is 10.7. The van der Waals surface area contributed by atoms with Crippen molar-refractivity contribution < 1.29 is 4.79 Å². The minimum atomic E-state index is -0.256. The lowest BCUT2D eigenvalue weighted by Gasteiger charge is -2.20. The van der Waals surface area contributed by atoms with Gasteiger partial charge in [0.1, 0.15) is 15.2 Å². The first-order valence-electron chi connectivity index (χ1n) is 7.40. The molecule has 0 fully saturated rings. The Morgan fingerprint density at radius 2 is 2.35 bits per heavy atom. The quantitative estimate of drug-likeness (QED) is 0.744. The maximum Gasteiger partial charge on any atom is 0.269 e. The SMILES string of the molecule is C[C@H]1CCc2nc3sc(C(=O)Nc4nncs4)c(N)c3cc2C1. The Hall–Kier alpha value is -2.06. The largest absolute Gasteiger partial charge is 0.397 e. The van der Waals surface area contributed by atoms with Crippen LogP contribution in [0.1, 0.15) is 34.3 Å². The van der Waals surface area contributed by atoms with E-state index in [1.807, 2.05) is 0 Å². The van der Waals surface area contributed by atoms with Crippen LogP contribution in [-0.4, -0.2) is 21.1 Å². The summed E-state index contributed by atoms with van der Waals surface area (Å²) in [4.78, 5) is 18.5. The summed E-state index contributed by atoms with van der Waals surface area (Å²) in [7, 11) is 0. The van der Waals surface area contributed by atoms with Gasteiger partial charge < -0.3 is 5.73 Å². The van der Waals surface area contributed by atoms with Gasteiger partial charge in [0, 0.05) is 11.1 Å². The average molecular weight is 345 g/mol. The topological polar surface area (TPSA) is 93.8 Å². The molecule has 0 saturated heterocycles. The van der Waals surface area contributed by atoms with Crippen LogP contribution in [0.4, 0.5) is 10.8 Å². The molecular formula is C15H15N5OS2. The maximum absolute atomic E-state index is 12.4. The van der Waals surface area contributed by atoms with Gasteiger partial charge in [-0.25, -0.2) is 4.98 Å². The molecule has 118 valence electrons. The number of anilines is 2. The molecule has 0 saturated carbocycles. The number of rotatable bonds is 2. The molecule has 0 unspecified atom stereocenters. The van der Waals surface area contributed by atoms with E-state index in [0.29, 0.717) is 21.6 Å². The fourth-order valence-electron chi connectivity index (χ4n) is 2.92. The van der Waals surface area contributed by atoms with Crippen molar-refractivity contribution >= 4 is 49.6 Å². The molecule has 3 N–H and O–H groups in total. The van der Waals surface area contributed by atoms with Crippen molar-refractivity contribution in [3.63, 3.8) is 0 Å². The number of nitrogens with one attached hydrogen (secondary N) is 1. The third kappa shape index (κ3) is 2.57. The highest BCUT2D eigenvalue weighted by Crippen LogP contribution is 2.36. The van der Waals surface area contributed by atoms with Crippen LogP contribution in [0.3, 0.4) is 0 Å². The zero-order chi connectivity index (χ0) is 16.0. The molecule has 4 rings (SSSR count). The molecule has 8 heteroatoms. The van der Waals surface area contributed by atoms with Crippen LogP contribution in [0.5, 0.6) is 0 Å². The number of aryl methyl sites for hydroxylation is 1. The van der Waals surface area contributed by atoms with Gasteiger partial charge in [0.2, 0.25) is 5.13 Å². The summed E-state index contributed by atoms with van der Waals surface area (Å²) < 4.78 is 0. The minimum absolute atomic E-state index is 0.256. The number of carbonyl (C=O) groups excluding carboxylic acids is 1. The second-order valence-electron chi connectivity index (χ2n) is 5.84. The Labute approximate surface area is 140 Å². The molecule has 23 heavy (non-hydrogen) atoms. The maximum atomic E-state index is 12.4. The number of hydrogen-bond acceptors (Lipinski definition) is 7. The molecule has 0 radical (unpaired) electrons. The van der Waals surface area contributed by atoms with Crippen molar-refractivity contribution in [2.45, 2.75) is 26.2 Å². The predicted octanol–water partition coefficient (Wildman–Crippen LogP) is 3.11. The number of nitrogen functional groups attached to an aromatic ring is 1. The number of nitrogens with two attached hydrogens (primary N) is 1. The lowest BCUT2D eigenvalue weighted by molar-refractivity contribution is 0.103. The Morgan fingerprint density at radius 3 is 3.13 bits per heavy atom. The van der Waals surface area contributed by atoms with E-state index >= 15 is 0 Å². The summed E-state index contributed by atoms with van der Waals surface area (Å²) in [5.74, 6) is 0.412. The number of amides is 1. The standard InChI is InChI=1S/C15H15N5OS2/c1-7-2-3-10-8(4-7)5-9-11(16)12(23-14(9)18-10)13(21)19-15-20-17-6-22-15/h5-7H,2-4,16H2,1H3,(H,19,20,21)/t7-/m0/s1. The summed E-state index contributed by atoms with van der Waals surface area (Å²) >= 11 is 2.61. The number of thiophene rings is 1. The van der Waals surface area contributed by atoms with Crippen LogP contribution < -0.4 is 11.1 Å². The van der Waals surface area contributed by atoms with Crippen LogP contribution in [0.25, 0.3) is 10.2 Å². The van der Waals surface area contributed by atoms with Crippen LogP contribution >= 0.6 is 22.7 Å². The molecule has 1 aliphatic carbocycles. The van der Waals surface area contributed by atoms with Gasteiger partial charge in [-0.2, -0.15) is 0 Å². The van der Waals surface area contributed by atoms with E-state index in [4.69, 9.17) is 10.7 Å². The predicted molar refractivity (Wildman–Crippen MR) is 93.1 cm³/mol. The van der Waals surface area contributed by atoms with E-state index in [-0.39, 0.29) is 5.91 Å². The van der Waals surface area contributed by atoms with E-state index < -0.39 is 0 Å². The van der Waals surface area contributed by atoms with Gasteiger partial charge in [0.05, 0.1) is 5.69 Å². The molecule has 0 aliphatic heterocycles. The fraction of sp³-hybridized carbons (Fsp3) is 0.333. The van der Waals surface area contributed by atoms with Crippen molar-refractivity contribution in [2.75, 3.05) is 11.1 Å². The number of aromatic nitrogens is 3. The van der Waals surface area contributed by atoms with Gasteiger partial charge in [-0.3, -0.25) is 10.1 Å². The summed E-state index contributed by atoms with van der Waals surface area (Å²) in [5, 5.41) is 11.6. The zero-order valence-electron chi connectivity index (χ0n) is 12.5. The van der Waals surface area contributed by atoms with Gasteiger partial charge in [-0.05, 0) is 36.8 Å². The Kier molecular flexibility index (Phi) is 3.50. The molecule has 0 spiro atoms. The second-order valence-corrected chi connectivity index (χ2v) is 7.67. The fourth-order valence-corrected chi connectivity index (χ4v) is 4.35. The van der Waals surface area contributed by atoms with Crippen LogP contribution in [0.2, 0.25) is 0 Å². The van der Waals surface area contributed by atoms with Gasteiger partial charge in [0.25, 0.3) is 5.91 Å². The number of fused-ring (bicyclic) bond motifs is 2. The lowest BCUT2D eigenvalue weighted by atomic mass is 9.87. The van der Waals surface area contributed by atoms with Gasteiger partial charge in [-0.15, -0.1) is 21.5 Å². The van der Waals surface area contributed by atoms with E-state index in [1.165, 1.54) is 28.2 Å². The third-order valence-corrected chi connectivity index (χ3v) is 5.84. The van der Waals surface area contributed by atoms with Crippen LogP contribution in [0.15, 0.2) is 11.6 Å². The molecule has 6 nitrogen and oxygen atoms in total. The molecule has 0 bridgehead atoms. The second kappa shape index (κ2) is 5.54. The Balaban J connectivity index is 1.74. The smallest absolute Gasteiger partial charge is 0.269 e. The molecule has 0 aromatic carbocycles. The summed E-state index contributed by atoms with van der Waals surface area (Å²) in [6, 6.07) is 2.11. The summed E-state index contributed by atoms with van der Waals surface area (Å²) in [6.45, 7) is 2.26. The molecule has 3 aromatic heterocycles. The van der Waals surface area contributed by atoms with Crippen molar-refractivity contribution in [3.8, 4) is 0 Å². The van der Waals surface area contributed by atoms with Gasteiger partial charge >= 0.3 is 0 Å². The number of nitrogens with zero attached hydrogens (tertiary/aromatic N) is 3. The number of carbonyl (C=O) groups is 1. The molecule has 1 atom stereocenters.